The number of alkyl halides is 3. The van der Waals surface area contributed by atoms with E-state index in [4.69, 9.17) is 5.11 Å². The van der Waals surface area contributed by atoms with E-state index in [-0.39, 0.29) is 0 Å². The maximum absolute atomic E-state index is 11.7. The van der Waals surface area contributed by atoms with Gasteiger partial charge in [0.05, 0.1) is 12.0 Å². The molecule has 0 fully saturated rings. The zero-order chi connectivity index (χ0) is 12.1. The summed E-state index contributed by atoms with van der Waals surface area (Å²) in [5, 5.41) is 8.83. The average molecular weight is 228 g/mol. The molecule has 6 heteroatoms. The van der Waals surface area contributed by atoms with Gasteiger partial charge in [-0.15, -0.1) is 0 Å². The van der Waals surface area contributed by atoms with Gasteiger partial charge in [0, 0.05) is 0 Å². The number of carboxylic acid groups (broad SMARTS) is 1. The van der Waals surface area contributed by atoms with E-state index in [0.29, 0.717) is 12.8 Å². The van der Waals surface area contributed by atoms with E-state index in [1.54, 1.807) is 6.92 Å². The van der Waals surface area contributed by atoms with Gasteiger partial charge in [-0.1, -0.05) is 13.3 Å². The van der Waals surface area contributed by atoms with Gasteiger partial charge in [-0.25, -0.2) is 0 Å². The topological polar surface area (TPSA) is 46.5 Å². The largest absolute Gasteiger partial charge is 0.481 e. The van der Waals surface area contributed by atoms with Crippen molar-refractivity contribution in [1.29, 1.82) is 0 Å². The Hall–Kier alpha value is -0.780. The number of carbonyl (C=O) groups is 1. The number of halogens is 3. The van der Waals surface area contributed by atoms with Crippen LogP contribution < -0.4 is 0 Å². The van der Waals surface area contributed by atoms with Crippen molar-refractivity contribution in [2.45, 2.75) is 32.9 Å². The quantitative estimate of drug-likeness (QED) is 0.759. The van der Waals surface area contributed by atoms with E-state index < -0.39 is 30.8 Å². The molecule has 0 aromatic carbocycles. The molecular weight excluding hydrogens is 213 g/mol. The predicted molar refractivity (Wildman–Crippen MR) is 47.5 cm³/mol. The summed E-state index contributed by atoms with van der Waals surface area (Å²) in [7, 11) is 0. The lowest BCUT2D eigenvalue weighted by Gasteiger charge is -2.24. The fourth-order valence-corrected chi connectivity index (χ4v) is 1.18. The molecule has 0 radical (unpaired) electrons. The number of ether oxygens (including phenoxy) is 1. The van der Waals surface area contributed by atoms with Gasteiger partial charge >= 0.3 is 12.1 Å². The minimum absolute atomic E-state index is 0.292. The molecule has 15 heavy (non-hydrogen) atoms. The summed E-state index contributed by atoms with van der Waals surface area (Å²) < 4.78 is 39.6. The van der Waals surface area contributed by atoms with Gasteiger partial charge in [0.25, 0.3) is 0 Å². The van der Waals surface area contributed by atoms with Crippen LogP contribution in [0, 0.1) is 5.41 Å². The van der Waals surface area contributed by atoms with Crippen molar-refractivity contribution in [3.63, 3.8) is 0 Å². The molecule has 1 unspecified atom stereocenters. The number of rotatable bonds is 6. The summed E-state index contributed by atoms with van der Waals surface area (Å²) in [4.78, 5) is 10.8. The second-order valence-corrected chi connectivity index (χ2v) is 3.72. The molecule has 0 saturated carbocycles. The first-order chi connectivity index (χ1) is 6.71. The van der Waals surface area contributed by atoms with Gasteiger partial charge in [-0.3, -0.25) is 4.79 Å². The maximum Gasteiger partial charge on any atom is 0.411 e. The smallest absolute Gasteiger partial charge is 0.411 e. The normalized spacial score (nSPS) is 16.1. The van der Waals surface area contributed by atoms with E-state index in [0.717, 1.165) is 0 Å². The van der Waals surface area contributed by atoms with Crippen LogP contribution >= 0.6 is 0 Å². The number of hydrogen-bond donors (Lipinski definition) is 1. The third-order valence-corrected chi connectivity index (χ3v) is 2.00. The Morgan fingerprint density at radius 2 is 1.87 bits per heavy atom. The summed E-state index contributed by atoms with van der Waals surface area (Å²) in [5.41, 5.74) is -1.24. The molecule has 0 spiro atoms. The van der Waals surface area contributed by atoms with Gasteiger partial charge in [0.15, 0.2) is 0 Å². The molecule has 0 aliphatic carbocycles. The van der Waals surface area contributed by atoms with E-state index in [1.807, 2.05) is 0 Å². The lowest BCUT2D eigenvalue weighted by Crippen LogP contribution is -2.34. The van der Waals surface area contributed by atoms with Crippen LogP contribution in [0.4, 0.5) is 13.2 Å². The van der Waals surface area contributed by atoms with Gasteiger partial charge in [-0.2, -0.15) is 13.2 Å². The zero-order valence-corrected chi connectivity index (χ0v) is 8.73. The lowest BCUT2D eigenvalue weighted by atomic mass is 9.87. The Kier molecular flexibility index (Phi) is 5.07. The Morgan fingerprint density at radius 3 is 2.20 bits per heavy atom. The summed E-state index contributed by atoms with van der Waals surface area (Å²) in [5.74, 6) is -1.13. The van der Waals surface area contributed by atoms with Gasteiger partial charge < -0.3 is 9.84 Å². The summed E-state index contributed by atoms with van der Waals surface area (Å²) in [6, 6.07) is 0. The van der Waals surface area contributed by atoms with Gasteiger partial charge in [0.2, 0.25) is 0 Å². The number of aliphatic carboxylic acids is 1. The monoisotopic (exact) mass is 228 g/mol. The van der Waals surface area contributed by atoms with Crippen LogP contribution in [-0.4, -0.2) is 30.5 Å². The van der Waals surface area contributed by atoms with Crippen molar-refractivity contribution in [3.8, 4) is 0 Å². The van der Waals surface area contributed by atoms with Crippen molar-refractivity contribution >= 4 is 5.97 Å². The second kappa shape index (κ2) is 5.34. The molecular formula is C9H15F3O3. The third kappa shape index (κ3) is 5.61. The van der Waals surface area contributed by atoms with Crippen LogP contribution in [0.3, 0.4) is 0 Å². The van der Waals surface area contributed by atoms with Gasteiger partial charge in [0.1, 0.15) is 6.61 Å². The maximum atomic E-state index is 11.7. The van der Waals surface area contributed by atoms with E-state index in [9.17, 15) is 18.0 Å². The zero-order valence-electron chi connectivity index (χ0n) is 8.73. The molecule has 0 aliphatic rings. The number of carboxylic acids is 1. The van der Waals surface area contributed by atoms with E-state index in [2.05, 4.69) is 4.74 Å². The van der Waals surface area contributed by atoms with Crippen molar-refractivity contribution in [1.82, 2.24) is 0 Å². The summed E-state index contributed by atoms with van der Waals surface area (Å²) in [6.45, 7) is 1.33. The highest BCUT2D eigenvalue weighted by Gasteiger charge is 2.35. The highest BCUT2D eigenvalue weighted by Crippen LogP contribution is 2.25. The SMILES string of the molecule is CCCC(C)(COCC(F)(F)F)C(=O)O. The second-order valence-electron chi connectivity index (χ2n) is 3.72. The predicted octanol–water partition coefficient (Wildman–Crippen LogP) is 2.46. The first-order valence-electron chi connectivity index (χ1n) is 4.59. The molecule has 0 bridgehead atoms. The molecule has 1 atom stereocenters. The van der Waals surface area contributed by atoms with Crippen LogP contribution in [0.2, 0.25) is 0 Å². The molecule has 0 saturated heterocycles. The molecule has 0 amide bonds. The van der Waals surface area contributed by atoms with Gasteiger partial charge in [-0.05, 0) is 13.3 Å². The Bertz CT molecular complexity index is 215. The highest BCUT2D eigenvalue weighted by atomic mass is 19.4. The van der Waals surface area contributed by atoms with Crippen molar-refractivity contribution in [2.24, 2.45) is 5.41 Å². The first-order valence-corrected chi connectivity index (χ1v) is 4.59. The van der Waals surface area contributed by atoms with E-state index in [1.165, 1.54) is 6.92 Å². The number of hydrogen-bond acceptors (Lipinski definition) is 2. The standard InChI is InChI=1S/C9H15F3O3/c1-3-4-8(2,7(13)14)5-15-6-9(10,11)12/h3-6H2,1-2H3,(H,13,14). The van der Waals surface area contributed by atoms with Crippen molar-refractivity contribution in [3.05, 3.63) is 0 Å². The minimum atomic E-state index is -4.41. The molecule has 90 valence electrons. The summed E-state index contributed by atoms with van der Waals surface area (Å²) >= 11 is 0. The molecule has 0 aliphatic heterocycles. The van der Waals surface area contributed by atoms with E-state index >= 15 is 0 Å². The van der Waals surface area contributed by atoms with Crippen molar-refractivity contribution in [2.75, 3.05) is 13.2 Å². The fraction of sp³-hybridized carbons (Fsp3) is 0.889. The highest BCUT2D eigenvalue weighted by molar-refractivity contribution is 5.74. The summed E-state index contributed by atoms with van der Waals surface area (Å²) in [6.07, 6.45) is -3.54. The van der Waals surface area contributed by atoms with Crippen LogP contribution in [0.5, 0.6) is 0 Å². The third-order valence-electron chi connectivity index (χ3n) is 2.00. The minimum Gasteiger partial charge on any atom is -0.481 e. The molecule has 0 aromatic heterocycles. The fourth-order valence-electron chi connectivity index (χ4n) is 1.18. The Balaban J connectivity index is 4.14. The van der Waals surface area contributed by atoms with Crippen molar-refractivity contribution < 1.29 is 27.8 Å². The molecule has 1 N–H and O–H groups in total. The molecule has 0 rings (SSSR count). The molecule has 0 aromatic rings. The Labute approximate surface area is 86.2 Å². The molecule has 0 heterocycles. The first kappa shape index (κ1) is 14.2. The Morgan fingerprint density at radius 1 is 1.33 bits per heavy atom. The van der Waals surface area contributed by atoms with Crippen LogP contribution in [0.25, 0.3) is 0 Å². The molecule has 3 nitrogen and oxygen atoms in total. The van der Waals surface area contributed by atoms with Crippen LogP contribution in [-0.2, 0) is 9.53 Å². The average Bonchev–Trinajstić information content (AvgIpc) is 2.01. The lowest BCUT2D eigenvalue weighted by molar-refractivity contribution is -0.185. The van der Waals surface area contributed by atoms with Crippen LogP contribution in [0.15, 0.2) is 0 Å². The van der Waals surface area contributed by atoms with Crippen LogP contribution in [0.1, 0.15) is 26.7 Å².